The van der Waals surface area contributed by atoms with Gasteiger partial charge in [-0.25, -0.2) is 0 Å². The molecule has 0 bridgehead atoms. The molecule has 0 saturated carbocycles. The van der Waals surface area contributed by atoms with Crippen LogP contribution in [0, 0.1) is 0 Å². The Labute approximate surface area is 99.4 Å². The zero-order valence-electron chi connectivity index (χ0n) is 9.93. The van der Waals surface area contributed by atoms with Crippen molar-refractivity contribution in [3.8, 4) is 0 Å². The van der Waals surface area contributed by atoms with Crippen molar-refractivity contribution in [2.75, 3.05) is 12.4 Å². The van der Waals surface area contributed by atoms with Crippen molar-refractivity contribution in [3.05, 3.63) is 12.4 Å². The highest BCUT2D eigenvalue weighted by atomic mass is 16.2. The van der Waals surface area contributed by atoms with Crippen molar-refractivity contribution in [2.45, 2.75) is 25.9 Å². The van der Waals surface area contributed by atoms with E-state index in [9.17, 15) is 9.59 Å². The lowest BCUT2D eigenvalue weighted by Crippen LogP contribution is -2.34. The summed E-state index contributed by atoms with van der Waals surface area (Å²) in [7, 11) is 1.55. The lowest BCUT2D eigenvalue weighted by molar-refractivity contribution is -0.121. The van der Waals surface area contributed by atoms with Crippen LogP contribution in [0.4, 0.5) is 5.69 Å². The van der Waals surface area contributed by atoms with Crippen LogP contribution in [-0.4, -0.2) is 34.7 Å². The minimum Gasteiger partial charge on any atom is -0.358 e. The number of nitrogens with two attached hydrogens (primary N) is 1. The van der Waals surface area contributed by atoms with Gasteiger partial charge in [0.25, 0.3) is 0 Å². The zero-order chi connectivity index (χ0) is 12.8. The molecule has 94 valence electrons. The van der Waals surface area contributed by atoms with E-state index in [2.05, 4.69) is 15.7 Å². The van der Waals surface area contributed by atoms with Gasteiger partial charge in [-0.3, -0.25) is 14.3 Å². The smallest absolute Gasteiger partial charge is 0.241 e. The molecule has 0 aliphatic rings. The molecular weight excluding hydrogens is 222 g/mol. The van der Waals surface area contributed by atoms with Gasteiger partial charge < -0.3 is 16.4 Å². The van der Waals surface area contributed by atoms with E-state index >= 15 is 0 Å². The number of nitrogens with zero attached hydrogens (tertiary/aromatic N) is 2. The van der Waals surface area contributed by atoms with Crippen LogP contribution in [0.1, 0.15) is 13.3 Å². The van der Waals surface area contributed by atoms with Crippen molar-refractivity contribution in [3.63, 3.8) is 0 Å². The van der Waals surface area contributed by atoms with Crippen LogP contribution in [0.2, 0.25) is 0 Å². The van der Waals surface area contributed by atoms with Crippen LogP contribution >= 0.6 is 0 Å². The first-order valence-electron chi connectivity index (χ1n) is 5.36. The summed E-state index contributed by atoms with van der Waals surface area (Å²) in [5.41, 5.74) is 6.10. The number of rotatable bonds is 5. The molecule has 0 aliphatic heterocycles. The van der Waals surface area contributed by atoms with E-state index in [0.29, 0.717) is 12.1 Å². The van der Waals surface area contributed by atoms with Crippen LogP contribution in [-0.2, 0) is 16.1 Å². The first-order chi connectivity index (χ1) is 8.06. The Morgan fingerprint density at radius 2 is 2.29 bits per heavy atom. The van der Waals surface area contributed by atoms with Gasteiger partial charge in [-0.1, -0.05) is 6.92 Å². The molecule has 1 rings (SSSR count). The molecule has 0 radical (unpaired) electrons. The van der Waals surface area contributed by atoms with E-state index in [-0.39, 0.29) is 18.4 Å². The molecule has 0 unspecified atom stereocenters. The number of hydrogen-bond acceptors (Lipinski definition) is 4. The largest absolute Gasteiger partial charge is 0.358 e. The second-order valence-electron chi connectivity index (χ2n) is 3.60. The lowest BCUT2D eigenvalue weighted by Gasteiger charge is -2.07. The fraction of sp³-hybridized carbons (Fsp3) is 0.500. The van der Waals surface area contributed by atoms with Crippen molar-refractivity contribution < 1.29 is 9.59 Å². The average molecular weight is 239 g/mol. The van der Waals surface area contributed by atoms with Crippen LogP contribution in [0.5, 0.6) is 0 Å². The molecule has 1 aromatic heterocycles. The third-order valence-electron chi connectivity index (χ3n) is 2.26. The molecule has 0 aliphatic carbocycles. The highest BCUT2D eigenvalue weighted by Crippen LogP contribution is 2.05. The summed E-state index contributed by atoms with van der Waals surface area (Å²) in [6.45, 7) is 1.95. The van der Waals surface area contributed by atoms with Gasteiger partial charge >= 0.3 is 0 Å². The van der Waals surface area contributed by atoms with Gasteiger partial charge in [0.05, 0.1) is 17.9 Å². The Balaban J connectivity index is 2.56. The summed E-state index contributed by atoms with van der Waals surface area (Å²) in [4.78, 5) is 22.6. The number of anilines is 1. The summed E-state index contributed by atoms with van der Waals surface area (Å²) in [6, 6.07) is -0.530. The molecule has 1 heterocycles. The molecule has 0 fully saturated rings. The fourth-order valence-corrected chi connectivity index (χ4v) is 1.16. The van der Waals surface area contributed by atoms with Crippen molar-refractivity contribution in [1.82, 2.24) is 15.1 Å². The van der Waals surface area contributed by atoms with Crippen molar-refractivity contribution >= 4 is 17.5 Å². The molecule has 1 atom stereocenters. The number of amides is 2. The lowest BCUT2D eigenvalue weighted by atomic mass is 10.2. The molecule has 0 saturated heterocycles. The quantitative estimate of drug-likeness (QED) is 0.632. The number of likely N-dealkylation sites (N-methyl/N-ethyl adjacent to an activating group) is 1. The van der Waals surface area contributed by atoms with Crippen LogP contribution < -0.4 is 16.4 Å². The van der Waals surface area contributed by atoms with Gasteiger partial charge in [0.2, 0.25) is 11.8 Å². The van der Waals surface area contributed by atoms with Crippen LogP contribution in [0.3, 0.4) is 0 Å². The maximum Gasteiger partial charge on any atom is 0.241 e. The van der Waals surface area contributed by atoms with Gasteiger partial charge in [-0.15, -0.1) is 0 Å². The summed E-state index contributed by atoms with van der Waals surface area (Å²) in [6.07, 6.45) is 3.62. The molecule has 7 nitrogen and oxygen atoms in total. The van der Waals surface area contributed by atoms with Crippen LogP contribution in [0.15, 0.2) is 12.4 Å². The predicted octanol–water partition coefficient (Wildman–Crippen LogP) is -0.695. The van der Waals surface area contributed by atoms with E-state index < -0.39 is 6.04 Å². The zero-order valence-corrected chi connectivity index (χ0v) is 9.93. The Kier molecular flexibility index (Phi) is 4.65. The monoisotopic (exact) mass is 239 g/mol. The van der Waals surface area contributed by atoms with E-state index in [1.54, 1.807) is 13.2 Å². The molecular formula is C10H17N5O2. The van der Waals surface area contributed by atoms with E-state index in [1.165, 1.54) is 10.9 Å². The average Bonchev–Trinajstić information content (AvgIpc) is 2.75. The SMILES string of the molecule is CC[C@H](N)C(=O)Nc1cnn(CC(=O)NC)c1. The normalized spacial score (nSPS) is 11.9. The number of carbonyl (C=O) groups excluding carboxylic acids is 2. The maximum absolute atomic E-state index is 11.5. The summed E-state index contributed by atoms with van der Waals surface area (Å²) in [5, 5.41) is 9.05. The fourth-order valence-electron chi connectivity index (χ4n) is 1.16. The second kappa shape index (κ2) is 6.00. The standard InChI is InChI=1S/C10H17N5O2/c1-3-8(11)10(17)14-7-4-13-15(5-7)6-9(16)12-2/h4-5,8H,3,6,11H2,1-2H3,(H,12,16)(H,14,17)/t8-/m0/s1. The van der Waals surface area contributed by atoms with Gasteiger partial charge in [0.15, 0.2) is 0 Å². The van der Waals surface area contributed by atoms with Crippen LogP contribution in [0.25, 0.3) is 0 Å². The van der Waals surface area contributed by atoms with E-state index in [4.69, 9.17) is 5.73 Å². The Morgan fingerprint density at radius 3 is 2.88 bits per heavy atom. The molecule has 2 amide bonds. The molecule has 1 aromatic rings. The Hall–Kier alpha value is -1.89. The predicted molar refractivity (Wildman–Crippen MR) is 63.2 cm³/mol. The summed E-state index contributed by atoms with van der Waals surface area (Å²) >= 11 is 0. The van der Waals surface area contributed by atoms with Crippen molar-refractivity contribution in [2.24, 2.45) is 5.73 Å². The summed E-state index contributed by atoms with van der Waals surface area (Å²) in [5.74, 6) is -0.414. The molecule has 4 N–H and O–H groups in total. The highest BCUT2D eigenvalue weighted by Gasteiger charge is 2.12. The molecule has 17 heavy (non-hydrogen) atoms. The molecule has 0 spiro atoms. The second-order valence-corrected chi connectivity index (χ2v) is 3.60. The summed E-state index contributed by atoms with van der Waals surface area (Å²) < 4.78 is 1.44. The van der Waals surface area contributed by atoms with Gasteiger partial charge in [-0.2, -0.15) is 5.10 Å². The minimum absolute atomic E-state index is 0.117. The molecule has 7 heteroatoms. The first-order valence-corrected chi connectivity index (χ1v) is 5.36. The third kappa shape index (κ3) is 3.87. The number of nitrogens with one attached hydrogen (secondary N) is 2. The maximum atomic E-state index is 11.5. The molecule has 0 aromatic carbocycles. The Bertz CT molecular complexity index is 401. The Morgan fingerprint density at radius 1 is 1.59 bits per heavy atom. The number of carbonyl (C=O) groups is 2. The first kappa shape index (κ1) is 13.2. The van der Waals surface area contributed by atoms with E-state index in [1.807, 2.05) is 6.92 Å². The number of hydrogen-bond donors (Lipinski definition) is 3. The number of aromatic nitrogens is 2. The minimum atomic E-state index is -0.530. The van der Waals surface area contributed by atoms with Gasteiger partial charge in [0, 0.05) is 13.2 Å². The van der Waals surface area contributed by atoms with E-state index in [0.717, 1.165) is 0 Å². The highest BCUT2D eigenvalue weighted by molar-refractivity contribution is 5.94. The topological polar surface area (TPSA) is 102 Å². The third-order valence-corrected chi connectivity index (χ3v) is 2.26. The van der Waals surface area contributed by atoms with Crippen molar-refractivity contribution in [1.29, 1.82) is 0 Å². The van der Waals surface area contributed by atoms with Gasteiger partial charge in [0.1, 0.15) is 6.54 Å². The van der Waals surface area contributed by atoms with Gasteiger partial charge in [-0.05, 0) is 6.42 Å².